The van der Waals surface area contributed by atoms with Crippen LogP contribution in [0, 0.1) is 0 Å². The molecule has 2 rings (SSSR count). The van der Waals surface area contributed by atoms with E-state index in [1.807, 2.05) is 24.3 Å². The molecule has 1 unspecified atom stereocenters. The average molecular weight is 324 g/mol. The molecule has 0 spiro atoms. The molecule has 0 fully saturated rings. The van der Waals surface area contributed by atoms with E-state index < -0.39 is 0 Å². The van der Waals surface area contributed by atoms with Gasteiger partial charge in [-0.1, -0.05) is 54.4 Å². The molecule has 0 aliphatic carbocycles. The third-order valence-corrected chi connectivity index (χ3v) is 4.35. The van der Waals surface area contributed by atoms with Gasteiger partial charge < -0.3 is 10.1 Å². The zero-order chi connectivity index (χ0) is 15.2. The Labute approximate surface area is 136 Å². The molecule has 0 radical (unpaired) electrons. The lowest BCUT2D eigenvalue weighted by Crippen LogP contribution is -2.20. The van der Waals surface area contributed by atoms with Crippen molar-refractivity contribution in [2.75, 3.05) is 7.11 Å². The summed E-state index contributed by atoms with van der Waals surface area (Å²) in [6, 6.07) is 14.1. The molecule has 0 aliphatic heterocycles. The van der Waals surface area contributed by atoms with Crippen LogP contribution in [0.4, 0.5) is 0 Å². The van der Waals surface area contributed by atoms with E-state index in [4.69, 9.17) is 27.9 Å². The molecule has 0 bridgehead atoms. The third kappa shape index (κ3) is 4.13. The molecule has 2 aromatic carbocycles. The van der Waals surface area contributed by atoms with Gasteiger partial charge in [-0.3, -0.25) is 0 Å². The number of ether oxygens (including phenoxy) is 1. The first kappa shape index (κ1) is 16.2. The van der Waals surface area contributed by atoms with E-state index in [0.717, 1.165) is 17.7 Å². The summed E-state index contributed by atoms with van der Waals surface area (Å²) in [4.78, 5) is 0. The van der Waals surface area contributed by atoms with Crippen molar-refractivity contribution in [3.05, 3.63) is 63.6 Å². The second kappa shape index (κ2) is 7.69. The van der Waals surface area contributed by atoms with Gasteiger partial charge >= 0.3 is 0 Å². The van der Waals surface area contributed by atoms with Crippen LogP contribution in [0.25, 0.3) is 0 Å². The van der Waals surface area contributed by atoms with Crippen molar-refractivity contribution in [2.45, 2.75) is 25.9 Å². The van der Waals surface area contributed by atoms with Crippen LogP contribution in [0.2, 0.25) is 10.0 Å². The Kier molecular flexibility index (Phi) is 5.92. The number of benzene rings is 2. The molecule has 21 heavy (non-hydrogen) atoms. The quantitative estimate of drug-likeness (QED) is 0.784. The molecule has 0 aliphatic rings. The highest BCUT2D eigenvalue weighted by molar-refractivity contribution is 6.42. The summed E-state index contributed by atoms with van der Waals surface area (Å²) in [5.74, 6) is 0.867. The average Bonchev–Trinajstić information content (AvgIpc) is 2.52. The molecular weight excluding hydrogens is 305 g/mol. The van der Waals surface area contributed by atoms with Crippen molar-refractivity contribution in [3.8, 4) is 5.75 Å². The summed E-state index contributed by atoms with van der Waals surface area (Å²) in [5.41, 5.74) is 2.24. The van der Waals surface area contributed by atoms with Crippen molar-refractivity contribution >= 4 is 23.2 Å². The van der Waals surface area contributed by atoms with Crippen molar-refractivity contribution in [1.29, 1.82) is 0 Å². The van der Waals surface area contributed by atoms with Gasteiger partial charge in [0, 0.05) is 12.6 Å². The Morgan fingerprint density at radius 2 is 1.81 bits per heavy atom. The smallest absolute Gasteiger partial charge is 0.118 e. The van der Waals surface area contributed by atoms with Crippen LogP contribution in [0.3, 0.4) is 0 Å². The van der Waals surface area contributed by atoms with Gasteiger partial charge in [0.05, 0.1) is 17.2 Å². The summed E-state index contributed by atoms with van der Waals surface area (Å²) in [6.07, 6.45) is 0.991. The van der Waals surface area contributed by atoms with Gasteiger partial charge in [0.25, 0.3) is 0 Å². The zero-order valence-corrected chi connectivity index (χ0v) is 13.7. The Morgan fingerprint density at radius 3 is 2.43 bits per heavy atom. The van der Waals surface area contributed by atoms with Crippen molar-refractivity contribution < 1.29 is 4.74 Å². The van der Waals surface area contributed by atoms with Gasteiger partial charge in [-0.15, -0.1) is 0 Å². The Bertz CT molecular complexity index is 584. The standard InChI is InChI=1S/C17H19Cl2NO/c1-3-16(12-7-9-14(21-2)10-8-12)20-11-13-5-4-6-15(18)17(13)19/h4-10,16,20H,3,11H2,1-2H3. The molecule has 4 heteroatoms. The molecule has 0 saturated carbocycles. The fourth-order valence-electron chi connectivity index (χ4n) is 2.25. The zero-order valence-electron chi connectivity index (χ0n) is 12.2. The summed E-state index contributed by atoms with van der Waals surface area (Å²) in [5, 5.41) is 4.74. The molecule has 2 nitrogen and oxygen atoms in total. The Balaban J connectivity index is 2.06. The molecule has 0 aromatic heterocycles. The van der Waals surface area contributed by atoms with Crippen molar-refractivity contribution in [2.24, 2.45) is 0 Å². The largest absolute Gasteiger partial charge is 0.497 e. The molecule has 112 valence electrons. The normalized spacial score (nSPS) is 12.2. The van der Waals surface area contributed by atoms with E-state index in [1.54, 1.807) is 13.2 Å². The monoisotopic (exact) mass is 323 g/mol. The van der Waals surface area contributed by atoms with Crippen molar-refractivity contribution in [1.82, 2.24) is 5.32 Å². The maximum absolute atomic E-state index is 6.22. The minimum Gasteiger partial charge on any atom is -0.497 e. The number of methoxy groups -OCH3 is 1. The highest BCUT2D eigenvalue weighted by Gasteiger charge is 2.10. The lowest BCUT2D eigenvalue weighted by molar-refractivity contribution is 0.414. The van der Waals surface area contributed by atoms with Crippen LogP contribution in [0.15, 0.2) is 42.5 Å². The lowest BCUT2D eigenvalue weighted by Gasteiger charge is -2.18. The summed E-state index contributed by atoms with van der Waals surface area (Å²) in [6.45, 7) is 2.84. The fourth-order valence-corrected chi connectivity index (χ4v) is 2.64. The molecule has 0 amide bonds. The highest BCUT2D eigenvalue weighted by atomic mass is 35.5. The number of hydrogen-bond acceptors (Lipinski definition) is 2. The second-order valence-electron chi connectivity index (χ2n) is 4.83. The minimum absolute atomic E-state index is 0.269. The molecule has 0 heterocycles. The van der Waals surface area contributed by atoms with Crippen LogP contribution < -0.4 is 10.1 Å². The van der Waals surface area contributed by atoms with E-state index in [0.29, 0.717) is 16.6 Å². The van der Waals surface area contributed by atoms with E-state index >= 15 is 0 Å². The van der Waals surface area contributed by atoms with Crippen molar-refractivity contribution in [3.63, 3.8) is 0 Å². The molecule has 1 atom stereocenters. The maximum atomic E-state index is 6.22. The highest BCUT2D eigenvalue weighted by Crippen LogP contribution is 2.26. The first-order chi connectivity index (χ1) is 10.2. The number of hydrogen-bond donors (Lipinski definition) is 1. The first-order valence-corrected chi connectivity index (χ1v) is 7.71. The van der Waals surface area contributed by atoms with E-state index in [9.17, 15) is 0 Å². The van der Waals surface area contributed by atoms with Gasteiger partial charge in [-0.25, -0.2) is 0 Å². The predicted octanol–water partition coefficient (Wildman–Crippen LogP) is 5.24. The minimum atomic E-state index is 0.269. The Morgan fingerprint density at radius 1 is 1.10 bits per heavy atom. The topological polar surface area (TPSA) is 21.3 Å². The van der Waals surface area contributed by atoms with E-state index in [-0.39, 0.29) is 6.04 Å². The molecule has 2 aromatic rings. The van der Waals surface area contributed by atoms with E-state index in [1.165, 1.54) is 5.56 Å². The van der Waals surface area contributed by atoms with Gasteiger partial charge in [-0.2, -0.15) is 0 Å². The molecular formula is C17H19Cl2NO. The SMILES string of the molecule is CCC(NCc1cccc(Cl)c1Cl)c1ccc(OC)cc1. The molecule has 0 saturated heterocycles. The van der Waals surface area contributed by atoms with Crippen LogP contribution in [0.5, 0.6) is 5.75 Å². The van der Waals surface area contributed by atoms with Gasteiger partial charge in [0.2, 0.25) is 0 Å². The summed E-state index contributed by atoms with van der Waals surface area (Å²) >= 11 is 12.3. The fraction of sp³-hybridized carbons (Fsp3) is 0.294. The summed E-state index contributed by atoms with van der Waals surface area (Å²) < 4.78 is 5.19. The predicted molar refractivity (Wildman–Crippen MR) is 89.3 cm³/mol. The first-order valence-electron chi connectivity index (χ1n) is 6.96. The van der Waals surface area contributed by atoms with Crippen LogP contribution in [-0.4, -0.2) is 7.11 Å². The lowest BCUT2D eigenvalue weighted by atomic mass is 10.0. The second-order valence-corrected chi connectivity index (χ2v) is 5.61. The third-order valence-electron chi connectivity index (χ3n) is 3.50. The van der Waals surface area contributed by atoms with Gasteiger partial charge in [-0.05, 0) is 35.7 Å². The van der Waals surface area contributed by atoms with Crippen LogP contribution in [0.1, 0.15) is 30.5 Å². The van der Waals surface area contributed by atoms with Gasteiger partial charge in [0.1, 0.15) is 5.75 Å². The number of halogens is 2. The van der Waals surface area contributed by atoms with Crippen LogP contribution in [-0.2, 0) is 6.54 Å². The number of rotatable bonds is 6. The van der Waals surface area contributed by atoms with Crippen LogP contribution >= 0.6 is 23.2 Å². The number of nitrogens with one attached hydrogen (secondary N) is 1. The maximum Gasteiger partial charge on any atom is 0.118 e. The summed E-state index contributed by atoms with van der Waals surface area (Å²) in [7, 11) is 1.67. The van der Waals surface area contributed by atoms with E-state index in [2.05, 4.69) is 24.4 Å². The Hall–Kier alpha value is -1.22. The molecule has 1 N–H and O–H groups in total. The van der Waals surface area contributed by atoms with Gasteiger partial charge in [0.15, 0.2) is 0 Å².